The first-order valence-corrected chi connectivity index (χ1v) is 18.7. The van der Waals surface area contributed by atoms with Crippen molar-refractivity contribution in [1.29, 1.82) is 0 Å². The molecule has 3 heterocycles. The Morgan fingerprint density at radius 1 is 0.614 bits per heavy atom. The van der Waals surface area contributed by atoms with Gasteiger partial charge in [0.25, 0.3) is 0 Å². The minimum Gasteiger partial charge on any atom is -0.371 e. The third-order valence-corrected chi connectivity index (χ3v) is 13.2. The Morgan fingerprint density at radius 2 is 1.18 bits per heavy atom. The van der Waals surface area contributed by atoms with E-state index in [0.717, 1.165) is 30.6 Å². The maximum Gasteiger partial charge on any atom is 0.206 e. The van der Waals surface area contributed by atoms with Crippen molar-refractivity contribution in [3.63, 3.8) is 0 Å². The lowest BCUT2D eigenvalue weighted by Gasteiger charge is -2.51. The number of hydrogen-bond acceptors (Lipinski definition) is 5. The van der Waals surface area contributed by atoms with E-state index in [0.29, 0.717) is 21.1 Å². The highest BCUT2D eigenvalue weighted by Crippen LogP contribution is 2.51. The van der Waals surface area contributed by atoms with Crippen molar-refractivity contribution in [2.75, 3.05) is 57.3 Å². The summed E-state index contributed by atoms with van der Waals surface area (Å²) in [5.74, 6) is 2.25. The van der Waals surface area contributed by atoms with Gasteiger partial charge in [-0.05, 0) is 119 Å². The van der Waals surface area contributed by atoms with Crippen LogP contribution in [0.3, 0.4) is 0 Å². The second-order valence-corrected chi connectivity index (χ2v) is 16.0. The third kappa shape index (κ3) is 5.98. The van der Waals surface area contributed by atoms with E-state index in [-0.39, 0.29) is 0 Å². The minimum absolute atomic E-state index is 0.293. The van der Waals surface area contributed by atoms with Crippen LogP contribution in [0, 0.1) is 17.8 Å². The molecule has 0 aromatic heterocycles. The van der Waals surface area contributed by atoms with E-state index in [4.69, 9.17) is 0 Å². The van der Waals surface area contributed by atoms with Crippen LogP contribution in [0.15, 0.2) is 94.7 Å². The highest BCUT2D eigenvalue weighted by atomic mass is 32.2. The molecule has 4 aliphatic rings. The Kier molecular flexibility index (Phi) is 8.85. The molecule has 3 aliphatic heterocycles. The van der Waals surface area contributed by atoms with Crippen molar-refractivity contribution >= 4 is 15.5 Å². The lowest BCUT2D eigenvalue weighted by atomic mass is 9.59. The van der Waals surface area contributed by atoms with Crippen LogP contribution in [0.2, 0.25) is 0 Å². The summed E-state index contributed by atoms with van der Waals surface area (Å²) in [5.41, 5.74) is 3.04. The van der Waals surface area contributed by atoms with E-state index in [1.54, 1.807) is 42.0 Å². The van der Waals surface area contributed by atoms with Crippen molar-refractivity contribution in [3.05, 3.63) is 90.5 Å². The zero-order valence-electron chi connectivity index (χ0n) is 26.2. The summed E-state index contributed by atoms with van der Waals surface area (Å²) in [4.78, 5) is 8.66. The van der Waals surface area contributed by atoms with Gasteiger partial charge in [0.2, 0.25) is 9.84 Å². The molecule has 0 N–H and O–H groups in total. The normalized spacial score (nSPS) is 22.7. The zero-order chi connectivity index (χ0) is 30.0. The van der Waals surface area contributed by atoms with E-state index in [9.17, 15) is 8.42 Å². The van der Waals surface area contributed by atoms with Crippen LogP contribution in [0.5, 0.6) is 0 Å². The van der Waals surface area contributed by atoms with Gasteiger partial charge in [-0.1, -0.05) is 61.4 Å². The van der Waals surface area contributed by atoms with Gasteiger partial charge in [-0.25, -0.2) is 8.42 Å². The maximum atomic E-state index is 13.0. The van der Waals surface area contributed by atoms with E-state index < -0.39 is 9.84 Å². The predicted octanol–water partition coefficient (Wildman–Crippen LogP) is 6.89. The lowest BCUT2D eigenvalue weighted by molar-refractivity contribution is 0.0529. The van der Waals surface area contributed by atoms with Gasteiger partial charge in [-0.3, -0.25) is 0 Å². The number of nitrogens with zero attached hydrogens (tertiary/aromatic N) is 3. The van der Waals surface area contributed by atoms with Crippen LogP contribution in [0.25, 0.3) is 0 Å². The molecule has 1 atom stereocenters. The minimum atomic E-state index is -3.47. The van der Waals surface area contributed by atoms with Gasteiger partial charge in [0.15, 0.2) is 0 Å². The van der Waals surface area contributed by atoms with E-state index in [2.05, 4.69) is 45.0 Å². The number of rotatable bonds is 10. The largest absolute Gasteiger partial charge is 0.371 e. The van der Waals surface area contributed by atoms with Crippen LogP contribution in [0.1, 0.15) is 56.9 Å². The highest BCUT2D eigenvalue weighted by molar-refractivity contribution is 7.91. The summed E-state index contributed by atoms with van der Waals surface area (Å²) < 4.78 is 26.0. The van der Waals surface area contributed by atoms with Crippen molar-refractivity contribution < 1.29 is 8.42 Å². The fourth-order valence-corrected chi connectivity index (χ4v) is 10.4. The number of anilines is 1. The topological polar surface area (TPSA) is 43.9 Å². The molecule has 5 nitrogen and oxygen atoms in total. The standard InChI is InChI=1S/C38H49N3O2S/c42-44(43,36-15-5-2-6-16-36)37-19-17-35(18-20-37)41-28-31(29-41)27-39-25-21-34(22-26-39)38(33-13-7-8-14-33,30-40-23-9-10-24-40)32-11-3-1-4-12-32/h1-6,11-12,15-20,31,33-34H,7-10,13-14,21-30H2. The quantitative estimate of drug-likeness (QED) is 0.250. The molecule has 1 aliphatic carbocycles. The second-order valence-electron chi connectivity index (χ2n) is 14.0. The molecule has 3 saturated heterocycles. The fraction of sp³-hybridized carbons (Fsp3) is 0.526. The highest BCUT2D eigenvalue weighted by Gasteiger charge is 2.49. The Bertz CT molecular complexity index is 1450. The average Bonchev–Trinajstić information content (AvgIpc) is 3.78. The summed E-state index contributed by atoms with van der Waals surface area (Å²) in [5, 5.41) is 0. The summed E-state index contributed by atoms with van der Waals surface area (Å²) >= 11 is 0. The van der Waals surface area contributed by atoms with Gasteiger partial charge < -0.3 is 14.7 Å². The molecule has 0 radical (unpaired) electrons. The molecule has 44 heavy (non-hydrogen) atoms. The Morgan fingerprint density at radius 3 is 1.82 bits per heavy atom. The van der Waals surface area contributed by atoms with Crippen LogP contribution < -0.4 is 4.90 Å². The van der Waals surface area contributed by atoms with Gasteiger partial charge in [-0.2, -0.15) is 0 Å². The molecule has 4 fully saturated rings. The van der Waals surface area contributed by atoms with Crippen LogP contribution in [0.4, 0.5) is 5.69 Å². The monoisotopic (exact) mass is 611 g/mol. The van der Waals surface area contributed by atoms with Crippen molar-refractivity contribution in [3.8, 4) is 0 Å². The van der Waals surface area contributed by atoms with E-state index in [1.165, 1.54) is 90.6 Å². The van der Waals surface area contributed by atoms with Crippen LogP contribution in [-0.4, -0.2) is 70.6 Å². The molecule has 234 valence electrons. The number of hydrogen-bond donors (Lipinski definition) is 0. The Balaban J connectivity index is 0.970. The van der Waals surface area contributed by atoms with Crippen LogP contribution >= 0.6 is 0 Å². The molecule has 0 amide bonds. The molecule has 1 saturated carbocycles. The average molecular weight is 612 g/mol. The smallest absolute Gasteiger partial charge is 0.206 e. The fourth-order valence-electron chi connectivity index (χ4n) is 9.12. The summed E-state index contributed by atoms with van der Waals surface area (Å²) in [6.07, 6.45) is 11.0. The molecule has 0 bridgehead atoms. The predicted molar refractivity (Wildman–Crippen MR) is 179 cm³/mol. The third-order valence-electron chi connectivity index (χ3n) is 11.4. The molecule has 3 aromatic rings. The van der Waals surface area contributed by atoms with Crippen molar-refractivity contribution in [2.45, 2.75) is 66.6 Å². The first-order valence-electron chi connectivity index (χ1n) is 17.2. The van der Waals surface area contributed by atoms with Crippen molar-refractivity contribution in [2.24, 2.45) is 17.8 Å². The second kappa shape index (κ2) is 13.0. The Hall–Kier alpha value is -2.67. The van der Waals surface area contributed by atoms with E-state index >= 15 is 0 Å². The first kappa shape index (κ1) is 30.0. The molecule has 7 rings (SSSR count). The summed E-state index contributed by atoms with van der Waals surface area (Å²) in [6, 6.07) is 27.9. The number of piperidine rings is 1. The number of sulfone groups is 1. The molecule has 1 unspecified atom stereocenters. The summed E-state index contributed by atoms with van der Waals surface area (Å²) in [6.45, 7) is 9.54. The van der Waals surface area contributed by atoms with Gasteiger partial charge >= 0.3 is 0 Å². The molecule has 6 heteroatoms. The van der Waals surface area contributed by atoms with E-state index in [1.807, 2.05) is 18.2 Å². The molecular weight excluding hydrogens is 563 g/mol. The summed E-state index contributed by atoms with van der Waals surface area (Å²) in [7, 11) is -3.47. The van der Waals surface area contributed by atoms with Gasteiger partial charge in [0.05, 0.1) is 9.79 Å². The van der Waals surface area contributed by atoms with Gasteiger partial charge in [-0.15, -0.1) is 0 Å². The molecule has 3 aromatic carbocycles. The van der Waals surface area contributed by atoms with Crippen molar-refractivity contribution in [1.82, 2.24) is 9.80 Å². The van der Waals surface area contributed by atoms with Gasteiger partial charge in [0, 0.05) is 43.2 Å². The molecule has 0 spiro atoms. The number of benzene rings is 3. The number of likely N-dealkylation sites (tertiary alicyclic amines) is 2. The Labute approximate surface area is 265 Å². The van der Waals surface area contributed by atoms with Crippen LogP contribution in [-0.2, 0) is 15.3 Å². The molecular formula is C38H49N3O2S. The maximum absolute atomic E-state index is 13.0. The first-order chi connectivity index (χ1) is 21.5. The lowest BCUT2D eigenvalue weighted by Crippen LogP contribution is -2.55. The SMILES string of the molecule is O=S(=O)(c1ccccc1)c1ccc(N2CC(CN3CCC(C(CN4CCCC4)(c4ccccc4)C4CCCC4)CC3)C2)cc1. The van der Waals surface area contributed by atoms with Gasteiger partial charge in [0.1, 0.15) is 0 Å². The zero-order valence-corrected chi connectivity index (χ0v) is 27.0.